The molecule has 0 spiro atoms. The maximum absolute atomic E-state index is 6.40. The van der Waals surface area contributed by atoms with Crippen molar-refractivity contribution in [2.75, 3.05) is 4.90 Å². The predicted molar refractivity (Wildman–Crippen MR) is 131 cm³/mol. The van der Waals surface area contributed by atoms with Crippen molar-refractivity contribution in [3.05, 3.63) is 114 Å². The number of nitrogens with zero attached hydrogens (tertiary/aromatic N) is 1. The maximum atomic E-state index is 6.40. The van der Waals surface area contributed by atoms with Gasteiger partial charge in [0.05, 0.1) is 5.69 Å². The molecule has 0 aliphatic rings. The van der Waals surface area contributed by atoms with Crippen LogP contribution in [0.25, 0.3) is 32.7 Å². The van der Waals surface area contributed by atoms with Gasteiger partial charge >= 0.3 is 0 Å². The molecular formula is C28H18ClNO. The first-order valence-electron chi connectivity index (χ1n) is 10.2. The van der Waals surface area contributed by atoms with E-state index < -0.39 is 0 Å². The van der Waals surface area contributed by atoms with Gasteiger partial charge in [-0.3, -0.25) is 0 Å². The highest BCUT2D eigenvalue weighted by atomic mass is 35.5. The number of para-hydroxylation sites is 1. The van der Waals surface area contributed by atoms with Gasteiger partial charge in [0.15, 0.2) is 0 Å². The number of fused-ring (bicyclic) bond motifs is 4. The molecular weight excluding hydrogens is 402 g/mol. The largest absolute Gasteiger partial charge is 0.456 e. The second-order valence-electron chi connectivity index (χ2n) is 7.59. The highest BCUT2D eigenvalue weighted by molar-refractivity contribution is 6.31. The second-order valence-corrected chi connectivity index (χ2v) is 8.03. The standard InChI is InChI=1S/C28H18ClNO/c29-20-9-6-10-21(17-20)30(26-13-5-8-19-7-1-2-11-23(19)26)22-15-16-28-25(18-22)24-12-3-4-14-27(24)31-28/h1-18H. The summed E-state index contributed by atoms with van der Waals surface area (Å²) in [5.74, 6) is 0. The van der Waals surface area contributed by atoms with E-state index in [9.17, 15) is 0 Å². The van der Waals surface area contributed by atoms with Crippen LogP contribution in [0.4, 0.5) is 17.1 Å². The zero-order valence-corrected chi connectivity index (χ0v) is 17.4. The molecule has 1 aromatic heterocycles. The Morgan fingerprint density at radius 3 is 2.16 bits per heavy atom. The minimum Gasteiger partial charge on any atom is -0.456 e. The highest BCUT2D eigenvalue weighted by Gasteiger charge is 2.17. The molecule has 0 aliphatic carbocycles. The van der Waals surface area contributed by atoms with Gasteiger partial charge in [0.2, 0.25) is 0 Å². The second kappa shape index (κ2) is 7.19. The average molecular weight is 420 g/mol. The van der Waals surface area contributed by atoms with Crippen LogP contribution in [0.3, 0.4) is 0 Å². The third kappa shape index (κ3) is 3.04. The van der Waals surface area contributed by atoms with Crippen LogP contribution >= 0.6 is 11.6 Å². The van der Waals surface area contributed by atoms with Gasteiger partial charge in [-0.05, 0) is 53.9 Å². The minimum absolute atomic E-state index is 0.706. The fourth-order valence-corrected chi connectivity index (χ4v) is 4.48. The molecule has 0 aliphatic heterocycles. The number of halogens is 1. The molecule has 6 rings (SSSR count). The molecule has 0 atom stereocenters. The van der Waals surface area contributed by atoms with Crippen molar-refractivity contribution in [3.8, 4) is 0 Å². The van der Waals surface area contributed by atoms with Crippen molar-refractivity contribution >= 4 is 61.4 Å². The molecule has 0 saturated heterocycles. The van der Waals surface area contributed by atoms with Gasteiger partial charge < -0.3 is 9.32 Å². The number of anilines is 3. The maximum Gasteiger partial charge on any atom is 0.135 e. The average Bonchev–Trinajstić information content (AvgIpc) is 3.18. The van der Waals surface area contributed by atoms with Crippen molar-refractivity contribution < 1.29 is 4.42 Å². The summed E-state index contributed by atoms with van der Waals surface area (Å²) in [5, 5.41) is 5.30. The van der Waals surface area contributed by atoms with Gasteiger partial charge in [0.1, 0.15) is 11.2 Å². The van der Waals surface area contributed by atoms with E-state index in [1.54, 1.807) is 0 Å². The molecule has 0 bridgehead atoms. The van der Waals surface area contributed by atoms with Crippen LogP contribution < -0.4 is 4.90 Å². The van der Waals surface area contributed by atoms with E-state index in [2.05, 4.69) is 71.6 Å². The third-order valence-electron chi connectivity index (χ3n) is 5.69. The number of rotatable bonds is 3. The fourth-order valence-electron chi connectivity index (χ4n) is 4.30. The van der Waals surface area contributed by atoms with E-state index >= 15 is 0 Å². The summed E-state index contributed by atoms with van der Waals surface area (Å²) < 4.78 is 6.05. The topological polar surface area (TPSA) is 16.4 Å². The normalized spacial score (nSPS) is 11.4. The highest BCUT2D eigenvalue weighted by Crippen LogP contribution is 2.41. The predicted octanol–water partition coefficient (Wildman–Crippen LogP) is 8.86. The van der Waals surface area contributed by atoms with E-state index in [-0.39, 0.29) is 0 Å². The lowest BCUT2D eigenvalue weighted by Gasteiger charge is -2.27. The molecule has 0 radical (unpaired) electrons. The van der Waals surface area contributed by atoms with Gasteiger partial charge in [-0.2, -0.15) is 0 Å². The van der Waals surface area contributed by atoms with Crippen LogP contribution in [0.5, 0.6) is 0 Å². The summed E-state index contributed by atoms with van der Waals surface area (Å²) in [6, 6.07) is 37.3. The van der Waals surface area contributed by atoms with Crippen LogP contribution in [0.1, 0.15) is 0 Å². The molecule has 0 fully saturated rings. The Labute approximate surface area is 184 Å². The van der Waals surface area contributed by atoms with Crippen molar-refractivity contribution in [1.82, 2.24) is 0 Å². The molecule has 6 aromatic rings. The van der Waals surface area contributed by atoms with E-state index in [0.717, 1.165) is 39.0 Å². The third-order valence-corrected chi connectivity index (χ3v) is 5.93. The molecule has 5 aromatic carbocycles. The van der Waals surface area contributed by atoms with Gasteiger partial charge in [-0.15, -0.1) is 0 Å². The molecule has 148 valence electrons. The Kier molecular flexibility index (Phi) is 4.19. The molecule has 1 heterocycles. The molecule has 0 amide bonds. The number of furan rings is 1. The first kappa shape index (κ1) is 18.1. The zero-order chi connectivity index (χ0) is 20.8. The van der Waals surface area contributed by atoms with Gasteiger partial charge in [-0.25, -0.2) is 0 Å². The van der Waals surface area contributed by atoms with Crippen molar-refractivity contribution in [1.29, 1.82) is 0 Å². The van der Waals surface area contributed by atoms with Gasteiger partial charge in [0.25, 0.3) is 0 Å². The first-order chi connectivity index (χ1) is 15.3. The van der Waals surface area contributed by atoms with Crippen LogP contribution in [0.15, 0.2) is 114 Å². The smallest absolute Gasteiger partial charge is 0.135 e. The van der Waals surface area contributed by atoms with Crippen molar-refractivity contribution in [2.24, 2.45) is 0 Å². The molecule has 3 heteroatoms. The lowest BCUT2D eigenvalue weighted by molar-refractivity contribution is 0.669. The van der Waals surface area contributed by atoms with E-state index in [1.165, 1.54) is 10.8 Å². The van der Waals surface area contributed by atoms with Gasteiger partial charge in [-0.1, -0.05) is 72.3 Å². The lowest BCUT2D eigenvalue weighted by atomic mass is 10.1. The molecule has 0 N–H and O–H groups in total. The summed E-state index contributed by atoms with van der Waals surface area (Å²) in [6.07, 6.45) is 0. The van der Waals surface area contributed by atoms with Crippen LogP contribution in [0, 0.1) is 0 Å². The van der Waals surface area contributed by atoms with Crippen molar-refractivity contribution in [2.45, 2.75) is 0 Å². The summed E-state index contributed by atoms with van der Waals surface area (Å²) in [7, 11) is 0. The quantitative estimate of drug-likeness (QED) is 0.284. The Morgan fingerprint density at radius 2 is 1.26 bits per heavy atom. The number of hydrogen-bond donors (Lipinski definition) is 0. The Morgan fingerprint density at radius 1 is 0.548 bits per heavy atom. The number of hydrogen-bond acceptors (Lipinski definition) is 2. The molecule has 2 nitrogen and oxygen atoms in total. The van der Waals surface area contributed by atoms with Gasteiger partial charge in [0, 0.05) is 32.6 Å². The monoisotopic (exact) mass is 419 g/mol. The molecule has 0 unspecified atom stereocenters. The molecule has 31 heavy (non-hydrogen) atoms. The molecule has 0 saturated carbocycles. The van der Waals surface area contributed by atoms with Crippen LogP contribution in [0.2, 0.25) is 5.02 Å². The van der Waals surface area contributed by atoms with Crippen LogP contribution in [-0.2, 0) is 0 Å². The summed E-state index contributed by atoms with van der Waals surface area (Å²) >= 11 is 6.40. The Hall–Kier alpha value is -3.75. The summed E-state index contributed by atoms with van der Waals surface area (Å²) in [5.41, 5.74) is 4.95. The Balaban J connectivity index is 1.65. The summed E-state index contributed by atoms with van der Waals surface area (Å²) in [4.78, 5) is 2.26. The SMILES string of the molecule is Clc1cccc(N(c2ccc3oc4ccccc4c3c2)c2cccc3ccccc23)c1. The van der Waals surface area contributed by atoms with Crippen molar-refractivity contribution in [3.63, 3.8) is 0 Å². The van der Waals surface area contributed by atoms with E-state index in [4.69, 9.17) is 16.0 Å². The van der Waals surface area contributed by atoms with E-state index in [0.29, 0.717) is 5.02 Å². The fraction of sp³-hybridized carbons (Fsp3) is 0. The minimum atomic E-state index is 0.706. The Bertz CT molecular complexity index is 1560. The van der Waals surface area contributed by atoms with E-state index in [1.807, 2.05) is 42.5 Å². The lowest BCUT2D eigenvalue weighted by Crippen LogP contribution is -2.10. The summed E-state index contributed by atoms with van der Waals surface area (Å²) in [6.45, 7) is 0. The first-order valence-corrected chi connectivity index (χ1v) is 10.6. The zero-order valence-electron chi connectivity index (χ0n) is 16.6. The number of benzene rings is 5. The van der Waals surface area contributed by atoms with Crippen LogP contribution in [-0.4, -0.2) is 0 Å².